The fourth-order valence-corrected chi connectivity index (χ4v) is 2.83. The molecule has 0 amide bonds. The van der Waals surface area contributed by atoms with Gasteiger partial charge in [0.1, 0.15) is 0 Å². The van der Waals surface area contributed by atoms with Crippen molar-refractivity contribution in [2.75, 3.05) is 26.7 Å². The Hall–Kier alpha value is -1.37. The van der Waals surface area contributed by atoms with Crippen molar-refractivity contribution in [3.05, 3.63) is 35.4 Å². The summed E-state index contributed by atoms with van der Waals surface area (Å²) < 4.78 is 0. The first-order valence-corrected chi connectivity index (χ1v) is 7.14. The lowest BCUT2D eigenvalue weighted by Gasteiger charge is -2.36. The molecule has 0 atom stereocenters. The molecule has 0 N–H and O–H groups in total. The van der Waals surface area contributed by atoms with Gasteiger partial charge >= 0.3 is 0 Å². The minimum Gasteiger partial charge on any atom is -0.303 e. The molecular weight excluding hydrogens is 234 g/mol. The molecule has 1 aromatic carbocycles. The Morgan fingerprint density at radius 3 is 2.74 bits per heavy atom. The average molecular weight is 257 g/mol. The fraction of sp³-hybridized carbons (Fsp3) is 0.562. The van der Waals surface area contributed by atoms with Crippen LogP contribution in [0.5, 0.6) is 0 Å². The molecule has 0 aliphatic carbocycles. The molecule has 1 aliphatic heterocycles. The van der Waals surface area contributed by atoms with Gasteiger partial charge in [0.05, 0.1) is 11.6 Å². The highest BCUT2D eigenvalue weighted by atomic mass is 15.2. The lowest BCUT2D eigenvalue weighted by Crippen LogP contribution is -2.42. The summed E-state index contributed by atoms with van der Waals surface area (Å²) in [7, 11) is 2.20. The first-order valence-electron chi connectivity index (χ1n) is 7.14. The van der Waals surface area contributed by atoms with Gasteiger partial charge in [-0.25, -0.2) is 0 Å². The Morgan fingerprint density at radius 2 is 2.11 bits per heavy atom. The summed E-state index contributed by atoms with van der Waals surface area (Å²) in [6, 6.07) is 10.8. The van der Waals surface area contributed by atoms with E-state index in [4.69, 9.17) is 5.26 Å². The molecule has 1 aliphatic rings. The van der Waals surface area contributed by atoms with Crippen molar-refractivity contribution in [3.8, 4) is 6.07 Å². The summed E-state index contributed by atoms with van der Waals surface area (Å²) in [6.07, 6.45) is 2.50. The third-order valence-corrected chi connectivity index (χ3v) is 4.12. The molecule has 1 aromatic rings. The van der Waals surface area contributed by atoms with Crippen molar-refractivity contribution in [2.45, 2.75) is 32.4 Å². The summed E-state index contributed by atoms with van der Waals surface area (Å²) in [4.78, 5) is 4.95. The Morgan fingerprint density at radius 1 is 1.37 bits per heavy atom. The predicted octanol–water partition coefficient (Wildman–Crippen LogP) is 2.47. The Balaban J connectivity index is 1.90. The van der Waals surface area contributed by atoms with Crippen molar-refractivity contribution in [3.63, 3.8) is 0 Å². The molecule has 3 nitrogen and oxygen atoms in total. The van der Waals surface area contributed by atoms with E-state index in [2.05, 4.69) is 35.9 Å². The molecule has 102 valence electrons. The molecule has 0 spiro atoms. The molecule has 2 rings (SSSR count). The number of hydrogen-bond acceptors (Lipinski definition) is 3. The first kappa shape index (κ1) is 14.0. The monoisotopic (exact) mass is 257 g/mol. The van der Waals surface area contributed by atoms with Crippen LogP contribution in [0.25, 0.3) is 0 Å². The second-order valence-electron chi connectivity index (χ2n) is 5.39. The highest BCUT2D eigenvalue weighted by Gasteiger charge is 2.21. The maximum Gasteiger partial charge on any atom is 0.0991 e. The number of hydrogen-bond donors (Lipinski definition) is 0. The zero-order valence-electron chi connectivity index (χ0n) is 12.0. The van der Waals surface area contributed by atoms with E-state index in [1.807, 2.05) is 18.2 Å². The maximum atomic E-state index is 8.93. The predicted molar refractivity (Wildman–Crippen MR) is 77.8 cm³/mol. The molecule has 1 fully saturated rings. The SMILES string of the molecule is CCN1CCC(N(C)Cc2cccc(C#N)c2)CC1. The van der Waals surface area contributed by atoms with Gasteiger partial charge in [-0.3, -0.25) is 4.90 Å². The second kappa shape index (κ2) is 6.70. The highest BCUT2D eigenvalue weighted by molar-refractivity contribution is 5.32. The maximum absolute atomic E-state index is 8.93. The first-order chi connectivity index (χ1) is 9.22. The van der Waals surface area contributed by atoms with Crippen molar-refractivity contribution in [2.24, 2.45) is 0 Å². The van der Waals surface area contributed by atoms with E-state index in [1.165, 1.54) is 38.0 Å². The number of nitrogens with zero attached hydrogens (tertiary/aromatic N) is 3. The van der Waals surface area contributed by atoms with E-state index < -0.39 is 0 Å². The summed E-state index contributed by atoms with van der Waals surface area (Å²) in [5.74, 6) is 0. The summed E-state index contributed by atoms with van der Waals surface area (Å²) in [6.45, 7) is 6.76. The van der Waals surface area contributed by atoms with E-state index in [9.17, 15) is 0 Å². The third-order valence-electron chi connectivity index (χ3n) is 4.12. The minimum atomic E-state index is 0.675. The van der Waals surface area contributed by atoms with E-state index in [-0.39, 0.29) is 0 Å². The molecule has 0 bridgehead atoms. The average Bonchev–Trinajstić information content (AvgIpc) is 2.47. The van der Waals surface area contributed by atoms with E-state index in [0.717, 1.165) is 12.1 Å². The quantitative estimate of drug-likeness (QED) is 0.830. The third kappa shape index (κ3) is 3.79. The molecule has 0 saturated carbocycles. The van der Waals surface area contributed by atoms with Crippen LogP contribution in [0.2, 0.25) is 0 Å². The van der Waals surface area contributed by atoms with Gasteiger partial charge < -0.3 is 4.90 Å². The number of benzene rings is 1. The minimum absolute atomic E-state index is 0.675. The van der Waals surface area contributed by atoms with Crippen LogP contribution >= 0.6 is 0 Å². The normalized spacial score (nSPS) is 17.6. The van der Waals surface area contributed by atoms with E-state index in [1.54, 1.807) is 0 Å². The van der Waals surface area contributed by atoms with Gasteiger partial charge in [0.2, 0.25) is 0 Å². The second-order valence-corrected chi connectivity index (χ2v) is 5.39. The van der Waals surface area contributed by atoms with Crippen LogP contribution in [0.15, 0.2) is 24.3 Å². The van der Waals surface area contributed by atoms with Gasteiger partial charge in [-0.05, 0) is 57.2 Å². The Bertz CT molecular complexity index is 442. The molecular formula is C16H23N3. The number of rotatable bonds is 4. The molecule has 0 unspecified atom stereocenters. The van der Waals surface area contributed by atoms with Crippen LogP contribution in [-0.2, 0) is 6.54 Å². The smallest absolute Gasteiger partial charge is 0.0991 e. The Kier molecular flexibility index (Phi) is 4.95. The van der Waals surface area contributed by atoms with E-state index in [0.29, 0.717) is 6.04 Å². The van der Waals surface area contributed by atoms with Gasteiger partial charge in [0.25, 0.3) is 0 Å². The van der Waals surface area contributed by atoms with Gasteiger partial charge in [-0.15, -0.1) is 0 Å². The van der Waals surface area contributed by atoms with Gasteiger partial charge in [-0.2, -0.15) is 5.26 Å². The Labute approximate surface area is 116 Å². The van der Waals surface area contributed by atoms with Gasteiger partial charge in [0, 0.05) is 12.6 Å². The van der Waals surface area contributed by atoms with Crippen LogP contribution in [0.1, 0.15) is 30.9 Å². The molecule has 0 radical (unpaired) electrons. The topological polar surface area (TPSA) is 30.3 Å². The molecule has 1 heterocycles. The summed E-state index contributed by atoms with van der Waals surface area (Å²) >= 11 is 0. The zero-order valence-corrected chi connectivity index (χ0v) is 12.0. The van der Waals surface area contributed by atoms with Crippen molar-refractivity contribution >= 4 is 0 Å². The van der Waals surface area contributed by atoms with Crippen LogP contribution in [-0.4, -0.2) is 42.5 Å². The largest absolute Gasteiger partial charge is 0.303 e. The van der Waals surface area contributed by atoms with Gasteiger partial charge in [0.15, 0.2) is 0 Å². The fourth-order valence-electron chi connectivity index (χ4n) is 2.83. The summed E-state index contributed by atoms with van der Waals surface area (Å²) in [5.41, 5.74) is 1.99. The molecule has 1 saturated heterocycles. The zero-order chi connectivity index (χ0) is 13.7. The summed E-state index contributed by atoms with van der Waals surface area (Å²) in [5, 5.41) is 8.93. The van der Waals surface area contributed by atoms with Crippen LogP contribution in [0.3, 0.4) is 0 Å². The highest BCUT2D eigenvalue weighted by Crippen LogP contribution is 2.17. The number of piperidine rings is 1. The van der Waals surface area contributed by atoms with Crippen LogP contribution < -0.4 is 0 Å². The number of likely N-dealkylation sites (tertiary alicyclic amines) is 1. The number of nitriles is 1. The van der Waals surface area contributed by atoms with Crippen LogP contribution in [0, 0.1) is 11.3 Å². The molecule has 0 aromatic heterocycles. The lowest BCUT2D eigenvalue weighted by molar-refractivity contribution is 0.127. The lowest BCUT2D eigenvalue weighted by atomic mass is 10.0. The van der Waals surface area contributed by atoms with E-state index >= 15 is 0 Å². The molecule has 19 heavy (non-hydrogen) atoms. The van der Waals surface area contributed by atoms with Crippen molar-refractivity contribution < 1.29 is 0 Å². The van der Waals surface area contributed by atoms with Crippen molar-refractivity contribution in [1.82, 2.24) is 9.80 Å². The van der Waals surface area contributed by atoms with Crippen molar-refractivity contribution in [1.29, 1.82) is 5.26 Å². The van der Waals surface area contributed by atoms with Crippen LogP contribution in [0.4, 0.5) is 0 Å². The standard InChI is InChI=1S/C16H23N3/c1-3-19-9-7-16(8-10-19)18(2)13-15-6-4-5-14(11-15)12-17/h4-6,11,16H,3,7-10,13H2,1-2H3. The van der Waals surface area contributed by atoms with Gasteiger partial charge in [-0.1, -0.05) is 19.1 Å². The molecule has 3 heteroatoms.